The molecular formula is C104H67N19. The van der Waals surface area contributed by atoms with E-state index in [0.717, 1.165) is 154 Å². The minimum absolute atomic E-state index is 0.465. The standard InChI is InChI=1S/2C37H24N6.C30H19N7/c1-3-11-24(12-4-1)35-41-36(25-13-5-2-6-14-25)43-37(42-35)28-17-9-16-27(21-28)31-19-10-20-32(40-31)34-30-22-26-15-7-8-18-29(26)33(30)38-23-39-34;1-3-10-24(11-4-1)35-41-36(25-12-5-2-6-13-25)43-37(42-35)28-16-9-15-26(20-28)29-18-19-32(38-22-29)34-31-21-27-14-7-8-17-30(27)33(31)39-23-40-34;1-3-9-19(10-4-1)28-35-29(20-11-5-2-6-12-20)37-30(36-28)25-17-31-24(16-32-25)27-23-15-21-13-7-8-14-22(21)26(23)33-18-34-27/h1-21,23H,22H2;1-20,22-23H,21H2;1-14,16-18H,15H2. The molecule has 3 aliphatic carbocycles. The molecule has 19 heteroatoms. The van der Waals surface area contributed by atoms with Gasteiger partial charge >= 0.3 is 0 Å². The Balaban J connectivity index is 0.000000114. The Kier molecular flexibility index (Phi) is 19.7. The quantitative estimate of drug-likeness (QED) is 0.0982. The molecule has 23 rings (SSSR count). The zero-order valence-electron chi connectivity index (χ0n) is 65.8. The maximum absolute atomic E-state index is 5.08. The van der Waals surface area contributed by atoms with Gasteiger partial charge in [0.2, 0.25) is 0 Å². The zero-order chi connectivity index (χ0) is 81.8. The molecule has 0 fully saturated rings. The Bertz CT molecular complexity index is 7150. The van der Waals surface area contributed by atoms with Crippen molar-refractivity contribution < 1.29 is 0 Å². The second-order valence-corrected chi connectivity index (χ2v) is 29.6. The van der Waals surface area contributed by atoms with E-state index in [9.17, 15) is 0 Å². The first-order chi connectivity index (χ1) is 60.9. The predicted octanol–water partition coefficient (Wildman–Crippen LogP) is 21.6. The summed E-state index contributed by atoms with van der Waals surface area (Å²) in [6.45, 7) is 0. The first-order valence-electron chi connectivity index (χ1n) is 40.3. The molecule has 0 amide bonds. The van der Waals surface area contributed by atoms with E-state index in [1.54, 1.807) is 31.4 Å². The topological polar surface area (TPSA) is 245 Å². The molecule has 19 nitrogen and oxygen atoms in total. The molecule has 0 atom stereocenters. The van der Waals surface area contributed by atoms with Gasteiger partial charge in [-0.2, -0.15) is 0 Å². The molecule has 123 heavy (non-hydrogen) atoms. The third-order valence-corrected chi connectivity index (χ3v) is 21.8. The normalized spacial score (nSPS) is 11.6. The van der Waals surface area contributed by atoms with E-state index in [1.165, 1.54) is 27.8 Å². The summed E-state index contributed by atoms with van der Waals surface area (Å²) in [4.78, 5) is 90.4. The van der Waals surface area contributed by atoms with Crippen molar-refractivity contribution in [2.45, 2.75) is 19.3 Å². The van der Waals surface area contributed by atoms with Crippen LogP contribution in [0.4, 0.5) is 0 Å². The second-order valence-electron chi connectivity index (χ2n) is 29.6. The Morgan fingerprint density at radius 2 is 0.439 bits per heavy atom. The number of rotatable bonds is 14. The van der Waals surface area contributed by atoms with Crippen LogP contribution in [0.25, 0.3) is 193 Å². The number of fused-ring (bicyclic) bond motifs is 9. The van der Waals surface area contributed by atoms with Gasteiger partial charge in [0.25, 0.3) is 0 Å². The van der Waals surface area contributed by atoms with Crippen LogP contribution in [0.1, 0.15) is 33.4 Å². The van der Waals surface area contributed by atoms with Gasteiger partial charge in [-0.1, -0.05) is 303 Å². The number of hydrogen-bond donors (Lipinski definition) is 0. The SMILES string of the molecule is c1ccc(-c2nc(-c3ccccc3)nc(-c3cccc(-c4ccc(-c5ncnc6c5Cc5ccccc5-6)nc4)c3)n2)cc1.c1ccc(-c2nc(-c3ccccc3)nc(-c3cccc(-c4cccc(-c5ncnc6c5Cc5ccccc5-6)n4)c3)n2)cc1.c1ccc(-c2nc(-c3ccccc3)nc(-c3cnc(-c4ncnc5c4Cc4ccccc4-5)cn3)n2)cc1. The largest absolute Gasteiger partial charge is 0.254 e. The highest BCUT2D eigenvalue weighted by atomic mass is 15.1. The van der Waals surface area contributed by atoms with Gasteiger partial charge in [-0.05, 0) is 52.6 Å². The molecule has 3 aliphatic rings. The van der Waals surface area contributed by atoms with Crippen molar-refractivity contribution in [3.05, 3.63) is 405 Å². The highest BCUT2D eigenvalue weighted by Gasteiger charge is 2.29. The second kappa shape index (κ2) is 32.9. The fraction of sp³-hybridized carbons (Fsp3) is 0.0288. The molecule has 20 aromatic rings. The number of hydrogen-bond acceptors (Lipinski definition) is 19. The maximum atomic E-state index is 5.08. The van der Waals surface area contributed by atoms with Crippen molar-refractivity contribution in [1.82, 2.24) is 94.7 Å². The van der Waals surface area contributed by atoms with Crippen LogP contribution < -0.4 is 0 Å². The maximum Gasteiger partial charge on any atom is 0.184 e. The Labute approximate surface area is 707 Å². The Morgan fingerprint density at radius 1 is 0.154 bits per heavy atom. The molecule has 0 spiro atoms. The van der Waals surface area contributed by atoms with Crippen molar-refractivity contribution >= 4 is 0 Å². The van der Waals surface area contributed by atoms with Crippen LogP contribution in [0.3, 0.4) is 0 Å². The van der Waals surface area contributed by atoms with E-state index < -0.39 is 0 Å². The van der Waals surface area contributed by atoms with E-state index in [1.807, 2.05) is 243 Å². The van der Waals surface area contributed by atoms with Gasteiger partial charge in [-0.15, -0.1) is 0 Å². The molecule has 9 aromatic heterocycles. The highest BCUT2D eigenvalue weighted by molar-refractivity contribution is 5.84. The molecule has 0 aliphatic heterocycles. The lowest BCUT2D eigenvalue weighted by atomic mass is 10.0. The average molecular weight is 1580 g/mol. The summed E-state index contributed by atoms with van der Waals surface area (Å²) < 4.78 is 0. The third-order valence-electron chi connectivity index (χ3n) is 21.8. The molecule has 9 heterocycles. The van der Waals surface area contributed by atoms with Crippen molar-refractivity contribution in [1.29, 1.82) is 0 Å². The molecule has 578 valence electrons. The molecule has 0 unspecified atom stereocenters. The fourth-order valence-corrected chi connectivity index (χ4v) is 15.8. The average Bonchev–Trinajstić information content (AvgIpc) is 1.58. The molecule has 11 aromatic carbocycles. The van der Waals surface area contributed by atoms with Crippen molar-refractivity contribution in [3.8, 4) is 193 Å². The van der Waals surface area contributed by atoms with Gasteiger partial charge in [-0.25, -0.2) is 84.7 Å². The van der Waals surface area contributed by atoms with E-state index in [4.69, 9.17) is 64.8 Å². The molecule has 0 saturated carbocycles. The van der Waals surface area contributed by atoms with Gasteiger partial charge < -0.3 is 0 Å². The van der Waals surface area contributed by atoms with Crippen LogP contribution in [0.2, 0.25) is 0 Å². The highest BCUT2D eigenvalue weighted by Crippen LogP contribution is 2.43. The van der Waals surface area contributed by atoms with Crippen LogP contribution in [0, 0.1) is 0 Å². The minimum Gasteiger partial charge on any atom is -0.254 e. The molecular weight excluding hydrogens is 1520 g/mol. The Hall–Kier alpha value is -16.9. The number of benzene rings is 11. The minimum atomic E-state index is 0.465. The van der Waals surface area contributed by atoms with Crippen LogP contribution in [0.5, 0.6) is 0 Å². The zero-order valence-corrected chi connectivity index (χ0v) is 65.8. The lowest BCUT2D eigenvalue weighted by Crippen LogP contribution is -2.02. The van der Waals surface area contributed by atoms with E-state index in [2.05, 4.69) is 127 Å². The number of nitrogens with zero attached hydrogens (tertiary/aromatic N) is 19. The van der Waals surface area contributed by atoms with Gasteiger partial charge in [-0.3, -0.25) is 9.97 Å². The molecule has 0 saturated heterocycles. The fourth-order valence-electron chi connectivity index (χ4n) is 15.8. The van der Waals surface area contributed by atoms with Crippen LogP contribution in [-0.2, 0) is 19.3 Å². The summed E-state index contributed by atoms with van der Waals surface area (Å²) in [7, 11) is 0. The molecule has 0 bridgehead atoms. The van der Waals surface area contributed by atoms with Gasteiger partial charge in [0.05, 0.1) is 63.6 Å². The van der Waals surface area contributed by atoms with Gasteiger partial charge in [0.15, 0.2) is 52.4 Å². The van der Waals surface area contributed by atoms with Crippen LogP contribution >= 0.6 is 0 Å². The van der Waals surface area contributed by atoms with Crippen molar-refractivity contribution in [3.63, 3.8) is 0 Å². The van der Waals surface area contributed by atoms with Crippen molar-refractivity contribution in [2.75, 3.05) is 0 Å². The lowest BCUT2D eigenvalue weighted by Gasteiger charge is -2.10. The van der Waals surface area contributed by atoms with E-state index >= 15 is 0 Å². The summed E-state index contributed by atoms with van der Waals surface area (Å²) in [5.41, 5.74) is 30.3. The van der Waals surface area contributed by atoms with Crippen LogP contribution in [-0.4, -0.2) is 94.7 Å². The summed E-state index contributed by atoms with van der Waals surface area (Å²) in [6, 6.07) is 112. The summed E-state index contributed by atoms with van der Waals surface area (Å²) in [6.07, 6.45) is 12.6. The van der Waals surface area contributed by atoms with E-state index in [0.29, 0.717) is 63.8 Å². The smallest absolute Gasteiger partial charge is 0.184 e. The lowest BCUT2D eigenvalue weighted by molar-refractivity contribution is 1.04. The summed E-state index contributed by atoms with van der Waals surface area (Å²) in [5, 5.41) is 0. The Morgan fingerprint density at radius 3 is 0.821 bits per heavy atom. The summed E-state index contributed by atoms with van der Waals surface area (Å²) >= 11 is 0. The van der Waals surface area contributed by atoms with Gasteiger partial charge in [0.1, 0.15) is 30.4 Å². The van der Waals surface area contributed by atoms with Crippen molar-refractivity contribution in [2.24, 2.45) is 0 Å². The monoisotopic (exact) mass is 1580 g/mol. The number of pyridine rings is 2. The summed E-state index contributed by atoms with van der Waals surface area (Å²) in [5.74, 6) is 5.41. The molecule has 0 N–H and O–H groups in total. The molecule has 0 radical (unpaired) electrons. The third kappa shape index (κ3) is 15.1. The predicted molar refractivity (Wildman–Crippen MR) is 478 cm³/mol. The number of aromatic nitrogens is 19. The van der Waals surface area contributed by atoms with E-state index in [-0.39, 0.29) is 0 Å². The first kappa shape index (κ1) is 73.7. The first-order valence-corrected chi connectivity index (χ1v) is 40.3. The van der Waals surface area contributed by atoms with Gasteiger partial charge in [0, 0.05) is 114 Å². The van der Waals surface area contributed by atoms with Crippen LogP contribution in [0.15, 0.2) is 371 Å².